The first-order chi connectivity index (χ1) is 16.3. The van der Waals surface area contributed by atoms with Crippen LogP contribution in [0.4, 0.5) is 15.8 Å². The van der Waals surface area contributed by atoms with E-state index in [9.17, 15) is 17.6 Å². The SMILES string of the molecule is CC(C)c1ccc(S(=O)(=O)N2CCC(C(=O)Nc3ccc(N4CCOCC4)c(F)c3)CC2)cc1. The number of carbonyl (C=O) groups excluding carboxylic acids is 1. The highest BCUT2D eigenvalue weighted by Crippen LogP contribution is 2.28. The van der Waals surface area contributed by atoms with E-state index >= 15 is 0 Å². The number of sulfonamides is 1. The molecule has 9 heteroatoms. The van der Waals surface area contributed by atoms with Gasteiger partial charge in [0.05, 0.1) is 23.8 Å². The minimum Gasteiger partial charge on any atom is -0.378 e. The van der Waals surface area contributed by atoms with Crippen LogP contribution in [0.15, 0.2) is 47.4 Å². The Bertz CT molecular complexity index is 1110. The van der Waals surface area contributed by atoms with Gasteiger partial charge in [-0.25, -0.2) is 12.8 Å². The van der Waals surface area contributed by atoms with Crippen LogP contribution in [0.25, 0.3) is 0 Å². The Morgan fingerprint density at radius 2 is 1.68 bits per heavy atom. The van der Waals surface area contributed by atoms with Crippen LogP contribution in [-0.2, 0) is 19.6 Å². The Kier molecular flexibility index (Phi) is 7.54. The molecule has 2 fully saturated rings. The Morgan fingerprint density at radius 1 is 1.03 bits per heavy atom. The average Bonchev–Trinajstić information content (AvgIpc) is 2.85. The van der Waals surface area contributed by atoms with Crippen LogP contribution in [0, 0.1) is 11.7 Å². The summed E-state index contributed by atoms with van der Waals surface area (Å²) < 4.78 is 47.4. The van der Waals surface area contributed by atoms with Crippen molar-refractivity contribution in [3.63, 3.8) is 0 Å². The predicted octanol–water partition coefficient (Wildman–Crippen LogP) is 3.83. The first-order valence-corrected chi connectivity index (χ1v) is 13.2. The second-order valence-electron chi connectivity index (χ2n) is 9.16. The Hall–Kier alpha value is -2.49. The number of benzene rings is 2. The Labute approximate surface area is 200 Å². The number of morpholine rings is 1. The number of carbonyl (C=O) groups is 1. The zero-order valence-electron chi connectivity index (χ0n) is 19.7. The van der Waals surface area contributed by atoms with Gasteiger partial charge in [0.1, 0.15) is 5.82 Å². The maximum atomic E-state index is 14.6. The molecule has 0 radical (unpaired) electrons. The molecule has 4 rings (SSSR count). The van der Waals surface area contributed by atoms with Crippen molar-refractivity contribution >= 4 is 27.3 Å². The average molecular weight is 490 g/mol. The number of ether oxygens (including phenoxy) is 1. The van der Waals surface area contributed by atoms with Gasteiger partial charge in [0.2, 0.25) is 15.9 Å². The molecule has 2 saturated heterocycles. The Balaban J connectivity index is 1.34. The van der Waals surface area contributed by atoms with Gasteiger partial charge in [-0.2, -0.15) is 4.31 Å². The lowest BCUT2D eigenvalue weighted by Crippen LogP contribution is -2.41. The highest BCUT2D eigenvalue weighted by Gasteiger charge is 2.32. The van der Waals surface area contributed by atoms with Crippen LogP contribution < -0.4 is 10.2 Å². The van der Waals surface area contributed by atoms with E-state index in [1.165, 1.54) is 10.4 Å². The van der Waals surface area contributed by atoms with Crippen LogP contribution in [0.5, 0.6) is 0 Å². The summed E-state index contributed by atoms with van der Waals surface area (Å²) in [5.41, 5.74) is 1.99. The molecular formula is C25H32FN3O4S. The molecule has 184 valence electrons. The maximum Gasteiger partial charge on any atom is 0.243 e. The lowest BCUT2D eigenvalue weighted by atomic mass is 9.97. The minimum atomic E-state index is -3.60. The van der Waals surface area contributed by atoms with Crippen molar-refractivity contribution < 1.29 is 22.3 Å². The fourth-order valence-corrected chi connectivity index (χ4v) is 5.89. The Morgan fingerprint density at radius 3 is 2.26 bits per heavy atom. The van der Waals surface area contributed by atoms with Gasteiger partial charge < -0.3 is 15.0 Å². The second kappa shape index (κ2) is 10.4. The van der Waals surface area contributed by atoms with Gasteiger partial charge in [-0.3, -0.25) is 4.79 Å². The summed E-state index contributed by atoms with van der Waals surface area (Å²) in [5, 5.41) is 2.79. The van der Waals surface area contributed by atoms with Gasteiger partial charge in [-0.1, -0.05) is 26.0 Å². The minimum absolute atomic E-state index is 0.211. The second-order valence-corrected chi connectivity index (χ2v) is 11.1. The molecule has 34 heavy (non-hydrogen) atoms. The summed E-state index contributed by atoms with van der Waals surface area (Å²) in [4.78, 5) is 15.0. The normalized spacial score (nSPS) is 18.3. The third-order valence-corrected chi connectivity index (χ3v) is 8.49. The van der Waals surface area contributed by atoms with Crippen molar-refractivity contribution in [3.05, 3.63) is 53.8 Å². The largest absolute Gasteiger partial charge is 0.378 e. The number of halogens is 1. The number of anilines is 2. The molecular weight excluding hydrogens is 457 g/mol. The van der Waals surface area contributed by atoms with Crippen LogP contribution in [0.1, 0.15) is 38.2 Å². The highest BCUT2D eigenvalue weighted by molar-refractivity contribution is 7.89. The van der Waals surface area contributed by atoms with Crippen molar-refractivity contribution in [2.75, 3.05) is 49.6 Å². The molecule has 7 nitrogen and oxygen atoms in total. The third-order valence-electron chi connectivity index (χ3n) is 6.58. The highest BCUT2D eigenvalue weighted by atomic mass is 32.2. The molecule has 1 N–H and O–H groups in total. The molecule has 0 unspecified atom stereocenters. The van der Waals surface area contributed by atoms with Crippen molar-refractivity contribution in [2.45, 2.75) is 37.5 Å². The molecule has 1 amide bonds. The van der Waals surface area contributed by atoms with Gasteiger partial charge in [0, 0.05) is 37.8 Å². The number of hydrogen-bond donors (Lipinski definition) is 1. The van der Waals surface area contributed by atoms with Crippen LogP contribution in [-0.4, -0.2) is 58.0 Å². The molecule has 2 aromatic rings. The topological polar surface area (TPSA) is 79.0 Å². The number of hydrogen-bond acceptors (Lipinski definition) is 5. The van der Waals surface area contributed by atoms with Crippen LogP contribution in [0.3, 0.4) is 0 Å². The summed E-state index contributed by atoms with van der Waals surface area (Å²) in [6.45, 7) is 7.06. The smallest absolute Gasteiger partial charge is 0.243 e. The van der Waals surface area contributed by atoms with Crippen LogP contribution >= 0.6 is 0 Å². The molecule has 2 heterocycles. The van der Waals surface area contributed by atoms with Crippen molar-refractivity contribution in [2.24, 2.45) is 5.92 Å². The van der Waals surface area contributed by atoms with E-state index in [4.69, 9.17) is 4.74 Å². The first kappa shape index (κ1) is 24.6. The molecule has 0 bridgehead atoms. The fraction of sp³-hybridized carbons (Fsp3) is 0.480. The maximum absolute atomic E-state index is 14.6. The van der Waals surface area contributed by atoms with E-state index in [1.807, 2.05) is 17.0 Å². The molecule has 0 aliphatic carbocycles. The van der Waals surface area contributed by atoms with E-state index in [2.05, 4.69) is 19.2 Å². The number of piperidine rings is 1. The summed E-state index contributed by atoms with van der Waals surface area (Å²) in [6, 6.07) is 11.7. The lowest BCUT2D eigenvalue weighted by molar-refractivity contribution is -0.120. The quantitative estimate of drug-likeness (QED) is 0.667. The van der Waals surface area contributed by atoms with E-state index in [0.29, 0.717) is 56.4 Å². The molecule has 2 aliphatic rings. The summed E-state index contributed by atoms with van der Waals surface area (Å²) in [5.74, 6) is -0.590. The fourth-order valence-electron chi connectivity index (χ4n) is 4.42. The van der Waals surface area contributed by atoms with Crippen molar-refractivity contribution in [1.29, 1.82) is 0 Å². The van der Waals surface area contributed by atoms with Gasteiger partial charge in [-0.05, 0) is 54.7 Å². The number of amides is 1. The van der Waals surface area contributed by atoms with E-state index in [0.717, 1.165) is 5.56 Å². The summed E-state index contributed by atoms with van der Waals surface area (Å²) in [6.07, 6.45) is 0.840. The first-order valence-electron chi connectivity index (χ1n) is 11.8. The van der Waals surface area contributed by atoms with E-state index in [-0.39, 0.29) is 35.6 Å². The van der Waals surface area contributed by atoms with E-state index < -0.39 is 10.0 Å². The molecule has 2 aliphatic heterocycles. The third kappa shape index (κ3) is 5.42. The summed E-state index contributed by atoms with van der Waals surface area (Å²) >= 11 is 0. The van der Waals surface area contributed by atoms with Gasteiger partial charge in [0.25, 0.3) is 0 Å². The standard InChI is InChI=1S/C25H32FN3O4S/c1-18(2)19-3-6-22(7-4-19)34(31,32)29-11-9-20(10-12-29)25(30)27-21-5-8-24(23(26)17-21)28-13-15-33-16-14-28/h3-8,17-18,20H,9-16H2,1-2H3,(H,27,30). The lowest BCUT2D eigenvalue weighted by Gasteiger charge is -2.31. The van der Waals surface area contributed by atoms with E-state index in [1.54, 1.807) is 24.3 Å². The molecule has 0 aromatic heterocycles. The van der Waals surface area contributed by atoms with Gasteiger partial charge in [0.15, 0.2) is 0 Å². The monoisotopic (exact) mass is 489 g/mol. The van der Waals surface area contributed by atoms with Crippen LogP contribution in [0.2, 0.25) is 0 Å². The zero-order valence-corrected chi connectivity index (χ0v) is 20.5. The number of nitrogens with one attached hydrogen (secondary N) is 1. The zero-order chi connectivity index (χ0) is 24.3. The number of rotatable bonds is 6. The number of nitrogens with zero attached hydrogens (tertiary/aromatic N) is 2. The summed E-state index contributed by atoms with van der Waals surface area (Å²) in [7, 11) is -3.60. The molecule has 0 spiro atoms. The molecule has 2 aromatic carbocycles. The predicted molar refractivity (Wildman–Crippen MR) is 130 cm³/mol. The molecule has 0 saturated carbocycles. The van der Waals surface area contributed by atoms with Gasteiger partial charge >= 0.3 is 0 Å². The van der Waals surface area contributed by atoms with Gasteiger partial charge in [-0.15, -0.1) is 0 Å². The van der Waals surface area contributed by atoms with Crippen molar-refractivity contribution in [1.82, 2.24) is 4.31 Å². The molecule has 0 atom stereocenters. The van der Waals surface area contributed by atoms with Crippen molar-refractivity contribution in [3.8, 4) is 0 Å².